The summed E-state index contributed by atoms with van der Waals surface area (Å²) >= 11 is 0. The van der Waals surface area contributed by atoms with Crippen molar-refractivity contribution in [2.24, 2.45) is 0 Å². The molecule has 0 saturated carbocycles. The van der Waals surface area contributed by atoms with Gasteiger partial charge in [0.15, 0.2) is 0 Å². The van der Waals surface area contributed by atoms with Crippen LogP contribution in [-0.4, -0.2) is 38.4 Å². The van der Waals surface area contributed by atoms with Crippen LogP contribution in [0.4, 0.5) is 0 Å². The highest BCUT2D eigenvalue weighted by atomic mass is 32.2. The number of amides is 2. The van der Waals surface area contributed by atoms with E-state index in [1.54, 1.807) is 26.0 Å². The van der Waals surface area contributed by atoms with Crippen LogP contribution in [-0.2, 0) is 25.0 Å². The lowest BCUT2D eigenvalue weighted by Crippen LogP contribution is -2.49. The molecule has 1 aromatic rings. The summed E-state index contributed by atoms with van der Waals surface area (Å²) < 4.78 is 28.1. The number of hydrogen-bond donors (Lipinski definition) is 3. The Kier molecular flexibility index (Phi) is 8.84. The molecule has 0 aliphatic rings. The monoisotopic (exact) mass is 425 g/mol. The SMILES string of the molecule is CC(C)NC(=O)CC[C@H](NS(=O)(=O)c1ccc(C(C)(C)C)cc1)C(=O)NC(C)C. The summed E-state index contributed by atoms with van der Waals surface area (Å²) in [5.41, 5.74) is 0.912. The summed E-state index contributed by atoms with van der Waals surface area (Å²) in [6.07, 6.45) is 0.107. The van der Waals surface area contributed by atoms with E-state index in [-0.39, 0.29) is 41.1 Å². The minimum Gasteiger partial charge on any atom is -0.354 e. The molecule has 7 nitrogen and oxygen atoms in total. The van der Waals surface area contributed by atoms with Crippen molar-refractivity contribution >= 4 is 21.8 Å². The first-order chi connectivity index (χ1) is 13.2. The van der Waals surface area contributed by atoms with Gasteiger partial charge in [-0.25, -0.2) is 8.42 Å². The molecule has 2 amide bonds. The summed E-state index contributed by atoms with van der Waals surface area (Å²) in [7, 11) is -3.92. The first-order valence-corrected chi connectivity index (χ1v) is 11.4. The van der Waals surface area contributed by atoms with E-state index in [0.717, 1.165) is 5.56 Å². The normalized spacial score (nSPS) is 13.4. The fourth-order valence-electron chi connectivity index (χ4n) is 2.69. The van der Waals surface area contributed by atoms with Crippen molar-refractivity contribution in [2.75, 3.05) is 0 Å². The molecule has 0 aliphatic carbocycles. The fraction of sp³-hybridized carbons (Fsp3) is 0.619. The molecule has 0 spiro atoms. The maximum atomic E-state index is 12.8. The van der Waals surface area contributed by atoms with Crippen molar-refractivity contribution in [1.29, 1.82) is 0 Å². The minimum absolute atomic E-state index is 0.0246. The maximum Gasteiger partial charge on any atom is 0.241 e. The molecule has 0 radical (unpaired) electrons. The third-order valence-electron chi connectivity index (χ3n) is 4.19. The lowest BCUT2D eigenvalue weighted by Gasteiger charge is -2.21. The molecule has 0 aliphatic heterocycles. The highest BCUT2D eigenvalue weighted by Crippen LogP contribution is 2.23. The fourth-order valence-corrected chi connectivity index (χ4v) is 3.92. The molecule has 0 saturated heterocycles. The van der Waals surface area contributed by atoms with Crippen LogP contribution in [0.1, 0.15) is 66.9 Å². The summed E-state index contributed by atoms with van der Waals surface area (Å²) in [5.74, 6) is -0.677. The van der Waals surface area contributed by atoms with Gasteiger partial charge < -0.3 is 10.6 Å². The predicted octanol–water partition coefficient (Wildman–Crippen LogP) is 2.46. The first-order valence-electron chi connectivity index (χ1n) is 9.95. The van der Waals surface area contributed by atoms with Crippen LogP contribution in [0, 0.1) is 0 Å². The van der Waals surface area contributed by atoms with Gasteiger partial charge in [0.2, 0.25) is 21.8 Å². The van der Waals surface area contributed by atoms with Crippen molar-refractivity contribution in [3.8, 4) is 0 Å². The Hall–Kier alpha value is -1.93. The van der Waals surface area contributed by atoms with E-state index in [9.17, 15) is 18.0 Å². The quantitative estimate of drug-likeness (QED) is 0.565. The third-order valence-corrected chi connectivity index (χ3v) is 5.67. The van der Waals surface area contributed by atoms with Crippen LogP contribution < -0.4 is 15.4 Å². The molecule has 0 bridgehead atoms. The second-order valence-electron chi connectivity index (χ2n) is 8.87. The Bertz CT molecular complexity index is 794. The van der Waals surface area contributed by atoms with E-state index < -0.39 is 22.0 Å². The Morgan fingerprint density at radius 3 is 1.90 bits per heavy atom. The molecular formula is C21H35N3O4S. The van der Waals surface area contributed by atoms with Crippen LogP contribution in [0.3, 0.4) is 0 Å². The van der Waals surface area contributed by atoms with Gasteiger partial charge >= 0.3 is 0 Å². The van der Waals surface area contributed by atoms with Crippen molar-refractivity contribution < 1.29 is 18.0 Å². The van der Waals surface area contributed by atoms with Gasteiger partial charge in [-0.3, -0.25) is 9.59 Å². The molecule has 8 heteroatoms. The van der Waals surface area contributed by atoms with Gasteiger partial charge in [-0.2, -0.15) is 4.72 Å². The Balaban J connectivity index is 3.00. The van der Waals surface area contributed by atoms with Crippen LogP contribution in [0.5, 0.6) is 0 Å². The lowest BCUT2D eigenvalue weighted by molar-refractivity contribution is -0.124. The topological polar surface area (TPSA) is 104 Å². The van der Waals surface area contributed by atoms with Crippen molar-refractivity contribution in [3.63, 3.8) is 0 Å². The number of carbonyl (C=O) groups is 2. The molecule has 1 aromatic carbocycles. The van der Waals surface area contributed by atoms with Crippen LogP contribution >= 0.6 is 0 Å². The molecule has 1 atom stereocenters. The summed E-state index contributed by atoms with van der Waals surface area (Å²) in [5, 5.41) is 5.46. The summed E-state index contributed by atoms with van der Waals surface area (Å²) in [4.78, 5) is 24.5. The van der Waals surface area contributed by atoms with Gasteiger partial charge in [0.25, 0.3) is 0 Å². The number of carbonyl (C=O) groups excluding carboxylic acids is 2. The summed E-state index contributed by atoms with van der Waals surface area (Å²) in [6, 6.07) is 5.40. The lowest BCUT2D eigenvalue weighted by atomic mass is 9.87. The van der Waals surface area contributed by atoms with Crippen molar-refractivity contribution in [1.82, 2.24) is 15.4 Å². The van der Waals surface area contributed by atoms with Crippen molar-refractivity contribution in [3.05, 3.63) is 29.8 Å². The molecule has 164 valence electrons. The molecule has 0 fully saturated rings. The number of sulfonamides is 1. The average molecular weight is 426 g/mol. The van der Waals surface area contributed by atoms with E-state index in [4.69, 9.17) is 0 Å². The first kappa shape index (κ1) is 25.1. The van der Waals surface area contributed by atoms with E-state index in [1.807, 2.05) is 34.6 Å². The highest BCUT2D eigenvalue weighted by Gasteiger charge is 2.27. The maximum absolute atomic E-state index is 12.8. The van der Waals surface area contributed by atoms with Crippen LogP contribution in [0.15, 0.2) is 29.2 Å². The number of rotatable bonds is 9. The largest absolute Gasteiger partial charge is 0.354 e. The van der Waals surface area contributed by atoms with E-state index in [2.05, 4.69) is 15.4 Å². The highest BCUT2D eigenvalue weighted by molar-refractivity contribution is 7.89. The standard InChI is InChI=1S/C21H35N3O4S/c1-14(2)22-19(25)13-12-18(20(26)23-15(3)4)24-29(27,28)17-10-8-16(9-11-17)21(5,6)7/h8-11,14-15,18,24H,12-13H2,1-7H3,(H,22,25)(H,23,26)/t18-/m0/s1. The van der Waals surface area contributed by atoms with Gasteiger partial charge in [-0.05, 0) is 57.2 Å². The van der Waals surface area contributed by atoms with Gasteiger partial charge in [0.1, 0.15) is 6.04 Å². The molecule has 0 heterocycles. The van der Waals surface area contributed by atoms with Gasteiger partial charge in [0.05, 0.1) is 4.90 Å². The second-order valence-corrected chi connectivity index (χ2v) is 10.6. The molecule has 3 N–H and O–H groups in total. The molecule has 29 heavy (non-hydrogen) atoms. The Labute approximate surface area is 175 Å². The van der Waals surface area contributed by atoms with Crippen LogP contribution in [0.2, 0.25) is 0 Å². The minimum atomic E-state index is -3.92. The van der Waals surface area contributed by atoms with Gasteiger partial charge in [0, 0.05) is 18.5 Å². The number of benzene rings is 1. The zero-order valence-electron chi connectivity index (χ0n) is 18.5. The van der Waals surface area contributed by atoms with E-state index in [0.29, 0.717) is 0 Å². The molecule has 0 aromatic heterocycles. The summed E-state index contributed by atoms with van der Waals surface area (Å²) in [6.45, 7) is 13.4. The van der Waals surface area contributed by atoms with E-state index >= 15 is 0 Å². The third kappa shape index (κ3) is 8.53. The van der Waals surface area contributed by atoms with Crippen LogP contribution in [0.25, 0.3) is 0 Å². The molecule has 1 rings (SSSR count). The molecular weight excluding hydrogens is 390 g/mol. The number of nitrogens with one attached hydrogen (secondary N) is 3. The smallest absolute Gasteiger partial charge is 0.241 e. The second kappa shape index (κ2) is 10.2. The van der Waals surface area contributed by atoms with Crippen molar-refractivity contribution in [2.45, 2.75) is 89.7 Å². The molecule has 0 unspecified atom stereocenters. The number of hydrogen-bond acceptors (Lipinski definition) is 4. The Morgan fingerprint density at radius 1 is 0.931 bits per heavy atom. The average Bonchev–Trinajstić information content (AvgIpc) is 2.56. The van der Waals surface area contributed by atoms with E-state index in [1.165, 1.54) is 12.1 Å². The van der Waals surface area contributed by atoms with Gasteiger partial charge in [-0.1, -0.05) is 32.9 Å². The zero-order chi connectivity index (χ0) is 22.4. The van der Waals surface area contributed by atoms with Gasteiger partial charge in [-0.15, -0.1) is 0 Å². The Morgan fingerprint density at radius 2 is 1.45 bits per heavy atom. The zero-order valence-corrected chi connectivity index (χ0v) is 19.3. The predicted molar refractivity (Wildman–Crippen MR) is 115 cm³/mol.